The van der Waals surface area contributed by atoms with Gasteiger partial charge in [0.15, 0.2) is 11.5 Å². The van der Waals surface area contributed by atoms with Crippen LogP contribution in [0.15, 0.2) is 72.1 Å². The number of amides is 1. The summed E-state index contributed by atoms with van der Waals surface area (Å²) in [6.07, 6.45) is 4.49. The Kier molecular flexibility index (Phi) is 6.90. The minimum Gasteiger partial charge on any atom is -0.493 e. The molecular formula is C21H16IN3O4. The summed E-state index contributed by atoms with van der Waals surface area (Å²) >= 11 is 2.08. The molecule has 1 heterocycles. The third kappa shape index (κ3) is 5.38. The molecule has 8 heteroatoms. The Morgan fingerprint density at radius 2 is 1.93 bits per heavy atom. The number of methoxy groups -OCH3 is 1. The fourth-order valence-corrected chi connectivity index (χ4v) is 2.97. The molecule has 1 amide bonds. The normalized spacial score (nSPS) is 10.6. The number of hydrogen-bond donors (Lipinski definition) is 1. The lowest BCUT2D eigenvalue weighted by Crippen LogP contribution is -2.17. The van der Waals surface area contributed by atoms with Crippen LogP contribution >= 0.6 is 22.6 Å². The standard InChI is InChI=1S/C21H16IN3O4/c1-28-19-11-14(12-24-25-20(26)15-5-4-10-23-13-15)8-9-18(19)29-21(27)16-6-2-3-7-17(16)22/h2-13H,1H3,(H,25,26)/b24-12+. The van der Waals surface area contributed by atoms with Crippen LogP contribution < -0.4 is 14.9 Å². The highest BCUT2D eigenvalue weighted by molar-refractivity contribution is 14.1. The molecule has 29 heavy (non-hydrogen) atoms. The fraction of sp³-hybridized carbons (Fsp3) is 0.0476. The molecule has 3 aromatic rings. The van der Waals surface area contributed by atoms with Gasteiger partial charge in [-0.2, -0.15) is 5.10 Å². The first-order valence-electron chi connectivity index (χ1n) is 8.46. The molecule has 0 saturated heterocycles. The van der Waals surface area contributed by atoms with E-state index in [-0.39, 0.29) is 11.7 Å². The van der Waals surface area contributed by atoms with E-state index in [2.05, 4.69) is 38.1 Å². The third-order valence-corrected chi connectivity index (χ3v) is 4.73. The summed E-state index contributed by atoms with van der Waals surface area (Å²) in [5.41, 5.74) is 3.95. The van der Waals surface area contributed by atoms with E-state index in [0.29, 0.717) is 22.4 Å². The number of hydrazone groups is 1. The molecule has 0 aliphatic heterocycles. The van der Waals surface area contributed by atoms with Crippen molar-refractivity contribution >= 4 is 40.7 Å². The highest BCUT2D eigenvalue weighted by Gasteiger charge is 2.15. The first kappa shape index (κ1) is 20.5. The Morgan fingerprint density at radius 1 is 1.10 bits per heavy atom. The predicted octanol–water partition coefficient (Wildman–Crippen LogP) is 3.68. The second kappa shape index (κ2) is 9.78. The van der Waals surface area contributed by atoms with Gasteiger partial charge in [0.2, 0.25) is 0 Å². The summed E-state index contributed by atoms with van der Waals surface area (Å²) < 4.78 is 11.6. The molecule has 0 unspecified atom stereocenters. The Labute approximate surface area is 180 Å². The maximum atomic E-state index is 12.4. The zero-order valence-electron chi connectivity index (χ0n) is 15.3. The smallest absolute Gasteiger partial charge is 0.344 e. The van der Waals surface area contributed by atoms with E-state index in [1.807, 2.05) is 12.1 Å². The van der Waals surface area contributed by atoms with Crippen LogP contribution in [0.2, 0.25) is 0 Å². The second-order valence-electron chi connectivity index (χ2n) is 5.72. The zero-order valence-corrected chi connectivity index (χ0v) is 17.5. The Hall–Kier alpha value is -3.27. The largest absolute Gasteiger partial charge is 0.493 e. The number of halogens is 1. The number of nitrogens with zero attached hydrogens (tertiary/aromatic N) is 2. The van der Waals surface area contributed by atoms with Gasteiger partial charge in [0.25, 0.3) is 5.91 Å². The number of pyridine rings is 1. The van der Waals surface area contributed by atoms with Crippen LogP contribution in [0.4, 0.5) is 0 Å². The quantitative estimate of drug-likeness (QED) is 0.183. The molecule has 0 radical (unpaired) electrons. The molecule has 2 aromatic carbocycles. The molecule has 0 aliphatic carbocycles. The number of benzene rings is 2. The Morgan fingerprint density at radius 3 is 2.66 bits per heavy atom. The number of carbonyl (C=O) groups excluding carboxylic acids is 2. The van der Waals surface area contributed by atoms with Crippen molar-refractivity contribution < 1.29 is 19.1 Å². The maximum absolute atomic E-state index is 12.4. The van der Waals surface area contributed by atoms with Crippen molar-refractivity contribution in [1.82, 2.24) is 10.4 Å². The molecular weight excluding hydrogens is 485 g/mol. The molecule has 0 fully saturated rings. The van der Waals surface area contributed by atoms with Gasteiger partial charge in [0.05, 0.1) is 24.5 Å². The van der Waals surface area contributed by atoms with E-state index >= 15 is 0 Å². The van der Waals surface area contributed by atoms with Gasteiger partial charge >= 0.3 is 5.97 Å². The molecule has 1 N–H and O–H groups in total. The number of esters is 1. The minimum absolute atomic E-state index is 0.286. The second-order valence-corrected chi connectivity index (χ2v) is 6.88. The van der Waals surface area contributed by atoms with Gasteiger partial charge in [-0.3, -0.25) is 9.78 Å². The fourth-order valence-electron chi connectivity index (χ4n) is 2.36. The van der Waals surface area contributed by atoms with E-state index in [0.717, 1.165) is 3.57 Å². The Bertz CT molecular complexity index is 1050. The minimum atomic E-state index is -0.474. The topological polar surface area (TPSA) is 89.9 Å². The van der Waals surface area contributed by atoms with Crippen LogP contribution in [-0.4, -0.2) is 30.2 Å². The lowest BCUT2D eigenvalue weighted by molar-refractivity contribution is 0.0728. The van der Waals surface area contributed by atoms with Crippen molar-refractivity contribution in [2.24, 2.45) is 5.10 Å². The van der Waals surface area contributed by atoms with Crippen LogP contribution in [0.25, 0.3) is 0 Å². The van der Waals surface area contributed by atoms with Gasteiger partial charge in [-0.15, -0.1) is 0 Å². The van der Waals surface area contributed by atoms with Crippen molar-refractivity contribution in [3.63, 3.8) is 0 Å². The van der Waals surface area contributed by atoms with Crippen molar-refractivity contribution in [3.05, 3.63) is 87.3 Å². The first-order valence-corrected chi connectivity index (χ1v) is 9.54. The van der Waals surface area contributed by atoms with Gasteiger partial charge in [-0.25, -0.2) is 10.2 Å². The van der Waals surface area contributed by atoms with Gasteiger partial charge in [0, 0.05) is 16.0 Å². The lowest BCUT2D eigenvalue weighted by atomic mass is 10.2. The van der Waals surface area contributed by atoms with E-state index in [9.17, 15) is 9.59 Å². The van der Waals surface area contributed by atoms with Crippen LogP contribution in [0.3, 0.4) is 0 Å². The van der Waals surface area contributed by atoms with E-state index in [1.54, 1.807) is 48.7 Å². The molecule has 3 rings (SSSR count). The lowest BCUT2D eigenvalue weighted by Gasteiger charge is -2.10. The van der Waals surface area contributed by atoms with Crippen molar-refractivity contribution in [3.8, 4) is 11.5 Å². The van der Waals surface area contributed by atoms with Crippen molar-refractivity contribution in [2.75, 3.05) is 7.11 Å². The summed E-state index contributed by atoms with van der Waals surface area (Å²) in [6.45, 7) is 0. The molecule has 0 spiro atoms. The summed E-state index contributed by atoms with van der Waals surface area (Å²) in [6, 6.07) is 15.4. The number of carbonyl (C=O) groups is 2. The molecule has 0 bridgehead atoms. The van der Waals surface area contributed by atoms with E-state index in [1.165, 1.54) is 19.5 Å². The van der Waals surface area contributed by atoms with Crippen molar-refractivity contribution in [2.45, 2.75) is 0 Å². The third-order valence-electron chi connectivity index (χ3n) is 3.79. The monoisotopic (exact) mass is 501 g/mol. The van der Waals surface area contributed by atoms with Crippen LogP contribution in [0.1, 0.15) is 26.3 Å². The van der Waals surface area contributed by atoms with Gasteiger partial charge in [0.1, 0.15) is 0 Å². The molecule has 0 saturated carbocycles. The molecule has 0 atom stereocenters. The van der Waals surface area contributed by atoms with Gasteiger partial charge in [-0.1, -0.05) is 12.1 Å². The van der Waals surface area contributed by atoms with E-state index < -0.39 is 5.97 Å². The highest BCUT2D eigenvalue weighted by Crippen LogP contribution is 2.28. The maximum Gasteiger partial charge on any atom is 0.344 e. The molecule has 1 aromatic heterocycles. The van der Waals surface area contributed by atoms with Crippen LogP contribution in [-0.2, 0) is 0 Å². The Balaban J connectivity index is 1.69. The SMILES string of the molecule is COc1cc(/C=N/NC(=O)c2cccnc2)ccc1OC(=O)c1ccccc1I. The number of rotatable bonds is 6. The average Bonchev–Trinajstić information content (AvgIpc) is 2.75. The average molecular weight is 501 g/mol. The summed E-state index contributed by atoms with van der Waals surface area (Å²) in [5.74, 6) is -0.191. The predicted molar refractivity (Wildman–Crippen MR) is 116 cm³/mol. The number of nitrogens with one attached hydrogen (secondary N) is 1. The summed E-state index contributed by atoms with van der Waals surface area (Å²) in [4.78, 5) is 28.2. The molecule has 0 aliphatic rings. The van der Waals surface area contributed by atoms with Gasteiger partial charge in [-0.05, 0) is 70.6 Å². The number of aromatic nitrogens is 1. The zero-order chi connectivity index (χ0) is 20.6. The van der Waals surface area contributed by atoms with Crippen molar-refractivity contribution in [1.29, 1.82) is 0 Å². The number of hydrogen-bond acceptors (Lipinski definition) is 6. The summed E-state index contributed by atoms with van der Waals surface area (Å²) in [7, 11) is 1.48. The van der Waals surface area contributed by atoms with Gasteiger partial charge < -0.3 is 9.47 Å². The van der Waals surface area contributed by atoms with Crippen LogP contribution in [0, 0.1) is 3.57 Å². The number of ether oxygens (including phenoxy) is 2. The van der Waals surface area contributed by atoms with E-state index in [4.69, 9.17) is 9.47 Å². The molecule has 7 nitrogen and oxygen atoms in total. The van der Waals surface area contributed by atoms with Crippen LogP contribution in [0.5, 0.6) is 11.5 Å². The molecule has 146 valence electrons. The first-order chi connectivity index (χ1) is 14.1. The highest BCUT2D eigenvalue weighted by atomic mass is 127. The summed E-state index contributed by atoms with van der Waals surface area (Å²) in [5, 5.41) is 3.93.